The molecule has 0 spiro atoms. The van der Waals surface area contributed by atoms with Gasteiger partial charge in [0, 0.05) is 50.5 Å². The van der Waals surface area contributed by atoms with E-state index in [1.807, 2.05) is 4.90 Å². The monoisotopic (exact) mass is 439 g/mol. The van der Waals surface area contributed by atoms with Gasteiger partial charge in [0.25, 0.3) is 0 Å². The summed E-state index contributed by atoms with van der Waals surface area (Å²) >= 11 is 0. The highest BCUT2D eigenvalue weighted by Gasteiger charge is 2.72. The van der Waals surface area contributed by atoms with Crippen molar-refractivity contribution in [3.8, 4) is 0 Å². The molecule has 0 radical (unpaired) electrons. The summed E-state index contributed by atoms with van der Waals surface area (Å²) in [6.45, 7) is 3.49. The van der Waals surface area contributed by atoms with Crippen molar-refractivity contribution < 1.29 is 34.4 Å². The minimum Gasteiger partial charge on any atom is -0.465 e. The zero-order valence-corrected chi connectivity index (χ0v) is 17.5. The molecule has 0 aromatic heterocycles. The maximum Gasteiger partial charge on any atom is 0.402 e. The van der Waals surface area contributed by atoms with Crippen molar-refractivity contribution in [2.24, 2.45) is 11.7 Å². The number of rotatable bonds is 8. The topological polar surface area (TPSA) is 196 Å². The molecular formula is C19H29N5O7. The Kier molecular flexibility index (Phi) is 6.67. The largest absolute Gasteiger partial charge is 0.465 e. The molecule has 3 aliphatic heterocycles. The molecule has 0 bridgehead atoms. The van der Waals surface area contributed by atoms with E-state index >= 15 is 0 Å². The predicted molar refractivity (Wildman–Crippen MR) is 108 cm³/mol. The first kappa shape index (κ1) is 23.2. The number of ketones is 2. The summed E-state index contributed by atoms with van der Waals surface area (Å²) in [5.41, 5.74) is 4.56. The number of allylic oxidation sites excluding steroid dienone is 2. The average Bonchev–Trinajstić information content (AvgIpc) is 3.33. The maximum atomic E-state index is 13.3. The number of carboxylic acid groups (broad SMARTS) is 1. The number of primary amides is 1. The molecule has 12 heteroatoms. The second kappa shape index (κ2) is 8.93. The minimum atomic E-state index is -1.33. The van der Waals surface area contributed by atoms with Crippen molar-refractivity contribution in [3.63, 3.8) is 0 Å². The zero-order chi connectivity index (χ0) is 22.9. The number of aliphatic hydroxyl groups is 2. The van der Waals surface area contributed by atoms with E-state index in [1.54, 1.807) is 14.0 Å². The van der Waals surface area contributed by atoms with E-state index in [0.29, 0.717) is 43.0 Å². The second-order valence-corrected chi connectivity index (χ2v) is 7.71. The molecule has 4 unspecified atom stereocenters. The summed E-state index contributed by atoms with van der Waals surface area (Å²) in [5, 5.41) is 35.5. The molecule has 12 nitrogen and oxygen atoms in total. The fraction of sp³-hybridized carbons (Fsp3) is 0.632. The van der Waals surface area contributed by atoms with Crippen LogP contribution in [0.25, 0.3) is 0 Å². The Labute approximate surface area is 179 Å². The molecule has 4 atom stereocenters. The quantitative estimate of drug-likeness (QED) is 0.116. The third-order valence-corrected chi connectivity index (χ3v) is 6.11. The van der Waals surface area contributed by atoms with Gasteiger partial charge in [0.05, 0.1) is 36.6 Å². The van der Waals surface area contributed by atoms with E-state index in [9.17, 15) is 14.7 Å². The molecule has 8 N–H and O–H groups in total. The Balaban J connectivity index is 0.000000628. The molecule has 1 aliphatic carbocycles. The van der Waals surface area contributed by atoms with Gasteiger partial charge in [-0.1, -0.05) is 0 Å². The lowest BCUT2D eigenvalue weighted by atomic mass is 9.82. The van der Waals surface area contributed by atoms with Crippen molar-refractivity contribution in [2.45, 2.75) is 24.7 Å². The van der Waals surface area contributed by atoms with Gasteiger partial charge in [-0.25, -0.2) is 4.79 Å². The van der Waals surface area contributed by atoms with Crippen molar-refractivity contribution in [1.82, 2.24) is 20.9 Å². The van der Waals surface area contributed by atoms with E-state index in [1.165, 1.54) is 0 Å². The predicted octanol–water partition coefficient (Wildman–Crippen LogP) is -2.92. The van der Waals surface area contributed by atoms with Gasteiger partial charge in [-0.05, 0) is 6.92 Å². The average molecular weight is 439 g/mol. The number of hydrogen-bond acceptors (Lipinski definition) is 10. The van der Waals surface area contributed by atoms with Gasteiger partial charge in [0.15, 0.2) is 5.72 Å². The van der Waals surface area contributed by atoms with Gasteiger partial charge >= 0.3 is 6.09 Å². The Morgan fingerprint density at radius 3 is 2.55 bits per heavy atom. The van der Waals surface area contributed by atoms with Gasteiger partial charge in [0.1, 0.15) is 0 Å². The molecule has 0 saturated carbocycles. The molecule has 31 heavy (non-hydrogen) atoms. The van der Waals surface area contributed by atoms with Crippen LogP contribution < -0.4 is 21.7 Å². The molecule has 0 aromatic rings. The lowest BCUT2D eigenvalue weighted by Crippen LogP contribution is -2.54. The van der Waals surface area contributed by atoms with Gasteiger partial charge in [-0.3, -0.25) is 9.59 Å². The molecule has 2 saturated heterocycles. The highest BCUT2D eigenvalue weighted by atomic mass is 16.5. The number of hydrogen-bond donors (Lipinski definition) is 7. The number of Topliss-reactive ketones (excluding diaryl/α,β-unsaturated/α-hetero) is 2. The number of amides is 1. The molecule has 3 heterocycles. The molecular weight excluding hydrogens is 410 g/mol. The lowest BCUT2D eigenvalue weighted by Gasteiger charge is -2.39. The maximum absolute atomic E-state index is 13.3. The van der Waals surface area contributed by atoms with Gasteiger partial charge in [-0.15, -0.1) is 0 Å². The van der Waals surface area contributed by atoms with Crippen molar-refractivity contribution in [1.29, 1.82) is 0 Å². The van der Waals surface area contributed by atoms with E-state index in [-0.39, 0.29) is 42.6 Å². The van der Waals surface area contributed by atoms with Crippen molar-refractivity contribution >= 4 is 17.7 Å². The molecule has 4 rings (SSSR count). The third-order valence-electron chi connectivity index (χ3n) is 6.11. The summed E-state index contributed by atoms with van der Waals surface area (Å²) < 4.78 is 5.85. The van der Waals surface area contributed by atoms with Crippen LogP contribution in [-0.2, 0) is 14.3 Å². The standard InChI is InChI=1S/C18H26N4O5.CH3NO2/c1-9-13(20-4-3-19-5-6-23)16(26)12-10(8-24)18(27-2)17-11(21-17)7-22(18)14(12)15(9)25;2-1(3)4/h10-11,17,19-21,23-24H,3-8H2,1-2H3;2H2,(H,3,4). The van der Waals surface area contributed by atoms with Crippen LogP contribution in [-0.4, -0.2) is 102 Å². The number of nitrogens with zero attached hydrogens (tertiary/aromatic N) is 1. The minimum absolute atomic E-state index is 0.00486. The van der Waals surface area contributed by atoms with E-state index < -0.39 is 17.7 Å². The second-order valence-electron chi connectivity index (χ2n) is 7.71. The Morgan fingerprint density at radius 2 is 1.97 bits per heavy atom. The number of nitrogens with one attached hydrogen (secondary N) is 3. The molecule has 4 aliphatic rings. The van der Waals surface area contributed by atoms with Crippen molar-refractivity contribution in [2.75, 3.05) is 46.5 Å². The number of carbonyl (C=O) groups excluding carboxylic acids is 2. The van der Waals surface area contributed by atoms with Crippen LogP contribution >= 0.6 is 0 Å². The molecule has 0 aromatic carbocycles. The van der Waals surface area contributed by atoms with Gasteiger partial charge in [0.2, 0.25) is 11.6 Å². The number of nitrogens with two attached hydrogens (primary N) is 1. The molecule has 1 amide bonds. The molecule has 2 fully saturated rings. The SMILES string of the molecule is COC12C(CO)C3=C(C(=O)C(C)=C(NCCNCCO)C3=O)N1CC1NC12.NC(=O)O. The summed E-state index contributed by atoms with van der Waals surface area (Å²) in [5.74, 6) is -1.00. The van der Waals surface area contributed by atoms with Crippen LogP contribution in [0.1, 0.15) is 6.92 Å². The van der Waals surface area contributed by atoms with Gasteiger partial charge in [-0.2, -0.15) is 0 Å². The fourth-order valence-electron chi connectivity index (χ4n) is 4.84. The number of aliphatic hydroxyl groups excluding tert-OH is 2. The van der Waals surface area contributed by atoms with Crippen LogP contribution in [0.2, 0.25) is 0 Å². The van der Waals surface area contributed by atoms with Crippen LogP contribution in [0.3, 0.4) is 0 Å². The smallest absolute Gasteiger partial charge is 0.402 e. The summed E-state index contributed by atoms with van der Waals surface area (Å²) in [6.07, 6.45) is -1.33. The fourth-order valence-corrected chi connectivity index (χ4v) is 4.84. The number of carbonyl (C=O) groups is 3. The Bertz CT molecular complexity index is 838. The van der Waals surface area contributed by atoms with Crippen LogP contribution in [0.4, 0.5) is 4.79 Å². The van der Waals surface area contributed by atoms with Crippen molar-refractivity contribution in [3.05, 3.63) is 22.5 Å². The van der Waals surface area contributed by atoms with Gasteiger partial charge < -0.3 is 46.6 Å². The number of piperazine rings is 1. The van der Waals surface area contributed by atoms with E-state index in [2.05, 4.69) is 21.7 Å². The third kappa shape index (κ3) is 3.70. The lowest BCUT2D eigenvalue weighted by molar-refractivity contribution is -0.137. The van der Waals surface area contributed by atoms with Crippen LogP contribution in [0.5, 0.6) is 0 Å². The molecule has 172 valence electrons. The Hall–Kier alpha value is -2.51. The zero-order valence-electron chi connectivity index (χ0n) is 17.5. The Morgan fingerprint density at radius 1 is 1.29 bits per heavy atom. The highest BCUT2D eigenvalue weighted by Crippen LogP contribution is 2.55. The van der Waals surface area contributed by atoms with Crippen LogP contribution in [0, 0.1) is 5.92 Å². The number of methoxy groups -OCH3 is 1. The normalized spacial score (nSPS) is 30.6. The number of fused-ring (bicyclic) bond motifs is 4. The van der Waals surface area contributed by atoms with Crippen LogP contribution in [0.15, 0.2) is 22.5 Å². The first-order valence-corrected chi connectivity index (χ1v) is 10.0. The van der Waals surface area contributed by atoms with E-state index in [4.69, 9.17) is 19.7 Å². The first-order valence-electron chi connectivity index (χ1n) is 10.0. The van der Waals surface area contributed by atoms with E-state index in [0.717, 1.165) is 0 Å². The summed E-state index contributed by atoms with van der Waals surface area (Å²) in [4.78, 5) is 37.0. The first-order chi connectivity index (χ1) is 14.8. The summed E-state index contributed by atoms with van der Waals surface area (Å²) in [7, 11) is 1.57. The summed E-state index contributed by atoms with van der Waals surface area (Å²) in [6, 6.07) is 0.225. The highest BCUT2D eigenvalue weighted by molar-refractivity contribution is 6.25. The number of ether oxygens (including phenoxy) is 1.